The van der Waals surface area contributed by atoms with Crippen LogP contribution in [0.1, 0.15) is 0 Å². The molecule has 0 saturated carbocycles. The average molecular weight is 271 g/mol. The Morgan fingerprint density at radius 3 is 2.74 bits per heavy atom. The van der Waals surface area contributed by atoms with E-state index in [2.05, 4.69) is 21.4 Å². The number of aromatic nitrogens is 2. The van der Waals surface area contributed by atoms with Gasteiger partial charge in [-0.25, -0.2) is 9.97 Å². The Bertz CT molecular complexity index is 731. The third-order valence-electron chi connectivity index (χ3n) is 2.65. The molecule has 0 fully saturated rings. The molecule has 0 bridgehead atoms. The highest BCUT2D eigenvalue weighted by molar-refractivity contribution is 6.35. The molecule has 1 radical (unpaired) electrons. The number of phenols is 1. The summed E-state index contributed by atoms with van der Waals surface area (Å²) in [7, 11) is 0. The van der Waals surface area contributed by atoms with Crippen molar-refractivity contribution in [2.75, 3.05) is 5.32 Å². The monoisotopic (exact) mass is 270 g/mol. The lowest BCUT2D eigenvalue weighted by Crippen LogP contribution is -1.97. The first-order valence-corrected chi connectivity index (χ1v) is 5.99. The Hall–Kier alpha value is -2.33. The molecule has 3 rings (SSSR count). The highest BCUT2D eigenvalue weighted by atomic mass is 35.5. The van der Waals surface area contributed by atoms with E-state index in [9.17, 15) is 5.11 Å². The maximum Gasteiger partial charge on any atom is 0.227 e. The van der Waals surface area contributed by atoms with Crippen molar-refractivity contribution < 1.29 is 5.11 Å². The predicted molar refractivity (Wildman–Crippen MR) is 74.8 cm³/mol. The van der Waals surface area contributed by atoms with E-state index in [1.165, 1.54) is 6.07 Å². The molecular formula is C14H9ClN3O. The maximum atomic E-state index is 9.80. The summed E-state index contributed by atoms with van der Waals surface area (Å²) in [5.41, 5.74) is 1.27. The zero-order valence-corrected chi connectivity index (χ0v) is 10.5. The summed E-state index contributed by atoms with van der Waals surface area (Å²) in [4.78, 5) is 8.44. The van der Waals surface area contributed by atoms with Gasteiger partial charge in [0.1, 0.15) is 11.3 Å². The van der Waals surface area contributed by atoms with Crippen molar-refractivity contribution in [1.29, 1.82) is 0 Å². The van der Waals surface area contributed by atoms with Crippen molar-refractivity contribution in [3.8, 4) is 5.75 Å². The van der Waals surface area contributed by atoms with Gasteiger partial charge in [0.25, 0.3) is 0 Å². The van der Waals surface area contributed by atoms with E-state index in [0.717, 1.165) is 5.69 Å². The molecule has 2 N–H and O–H groups in total. The first-order valence-electron chi connectivity index (χ1n) is 5.61. The number of aromatic hydroxyl groups is 1. The minimum absolute atomic E-state index is 0.0752. The summed E-state index contributed by atoms with van der Waals surface area (Å²) in [6, 6.07) is 13.3. The number of hydrogen-bond donors (Lipinski definition) is 2. The van der Waals surface area contributed by atoms with Crippen LogP contribution in [-0.4, -0.2) is 15.1 Å². The number of rotatable bonds is 2. The van der Waals surface area contributed by atoms with E-state index in [1.54, 1.807) is 24.4 Å². The summed E-state index contributed by atoms with van der Waals surface area (Å²) in [5.74, 6) is 0.475. The Labute approximate surface area is 114 Å². The van der Waals surface area contributed by atoms with Crippen molar-refractivity contribution in [2.45, 2.75) is 0 Å². The second kappa shape index (κ2) is 4.74. The molecular weight excluding hydrogens is 262 g/mol. The van der Waals surface area contributed by atoms with Crippen LogP contribution < -0.4 is 5.32 Å². The average Bonchev–Trinajstić information content (AvgIpc) is 2.44. The molecule has 1 aromatic heterocycles. The molecule has 4 nitrogen and oxygen atoms in total. The topological polar surface area (TPSA) is 58.0 Å². The second-order valence-electron chi connectivity index (χ2n) is 3.94. The van der Waals surface area contributed by atoms with Crippen LogP contribution in [0.15, 0.2) is 42.6 Å². The van der Waals surface area contributed by atoms with Crippen LogP contribution in [0, 0.1) is 6.07 Å². The molecule has 0 spiro atoms. The van der Waals surface area contributed by atoms with Gasteiger partial charge in [0.05, 0.1) is 5.02 Å². The molecule has 0 atom stereocenters. The van der Waals surface area contributed by atoms with Crippen molar-refractivity contribution in [3.63, 3.8) is 0 Å². The number of fused-ring (bicyclic) bond motifs is 1. The number of hydrogen-bond acceptors (Lipinski definition) is 4. The molecule has 0 aliphatic carbocycles. The third kappa shape index (κ3) is 2.30. The quantitative estimate of drug-likeness (QED) is 0.748. The van der Waals surface area contributed by atoms with Crippen molar-refractivity contribution >= 4 is 34.1 Å². The van der Waals surface area contributed by atoms with Crippen LogP contribution in [0.3, 0.4) is 0 Å². The van der Waals surface area contributed by atoms with E-state index < -0.39 is 0 Å². The maximum absolute atomic E-state index is 9.80. The third-order valence-corrected chi connectivity index (χ3v) is 2.98. The molecule has 0 amide bonds. The number of halogens is 1. The molecule has 93 valence electrons. The molecule has 5 heteroatoms. The standard InChI is InChI=1S/C14H9ClN3O/c15-11-6-7-12(19)13-10(11)8-16-14(18-13)17-9-4-2-1-3-5-9/h2-8,19H,(H,16,17,18). The Balaban J connectivity index is 2.05. The zero-order valence-electron chi connectivity index (χ0n) is 9.76. The van der Waals surface area contributed by atoms with E-state index in [0.29, 0.717) is 21.9 Å². The Morgan fingerprint density at radius 2 is 1.95 bits per heavy atom. The van der Waals surface area contributed by atoms with Gasteiger partial charge in [-0.15, -0.1) is 0 Å². The lowest BCUT2D eigenvalue weighted by Gasteiger charge is -2.07. The van der Waals surface area contributed by atoms with Gasteiger partial charge in [-0.2, -0.15) is 0 Å². The van der Waals surface area contributed by atoms with Crippen LogP contribution in [0.2, 0.25) is 5.02 Å². The van der Waals surface area contributed by atoms with Gasteiger partial charge in [0.2, 0.25) is 5.95 Å². The number of phenolic OH excluding ortho intramolecular Hbond substituents is 1. The number of anilines is 2. The lowest BCUT2D eigenvalue weighted by atomic mass is 10.2. The molecule has 3 aromatic rings. The van der Waals surface area contributed by atoms with Crippen molar-refractivity contribution in [3.05, 3.63) is 53.7 Å². The fraction of sp³-hybridized carbons (Fsp3) is 0. The van der Waals surface area contributed by atoms with Crippen LogP contribution in [-0.2, 0) is 0 Å². The van der Waals surface area contributed by atoms with Crippen molar-refractivity contribution in [1.82, 2.24) is 9.97 Å². The summed E-state index contributed by atoms with van der Waals surface area (Å²) in [6.07, 6.45) is 1.59. The normalized spacial score (nSPS) is 10.6. The summed E-state index contributed by atoms with van der Waals surface area (Å²) < 4.78 is 0. The molecule has 0 aliphatic heterocycles. The van der Waals surface area contributed by atoms with Crippen LogP contribution in [0.5, 0.6) is 5.75 Å². The van der Waals surface area contributed by atoms with Gasteiger partial charge in [-0.05, 0) is 30.3 Å². The van der Waals surface area contributed by atoms with Gasteiger partial charge in [-0.3, -0.25) is 0 Å². The molecule has 1 heterocycles. The van der Waals surface area contributed by atoms with Gasteiger partial charge >= 0.3 is 0 Å². The summed E-state index contributed by atoms with van der Waals surface area (Å²) >= 11 is 6.03. The smallest absolute Gasteiger partial charge is 0.227 e. The van der Waals surface area contributed by atoms with E-state index >= 15 is 0 Å². The minimum Gasteiger partial charge on any atom is -0.506 e. The van der Waals surface area contributed by atoms with E-state index in [-0.39, 0.29) is 5.75 Å². The minimum atomic E-state index is 0.0752. The van der Waals surface area contributed by atoms with E-state index in [4.69, 9.17) is 11.6 Å². The van der Waals surface area contributed by atoms with Crippen molar-refractivity contribution in [2.24, 2.45) is 0 Å². The molecule has 0 unspecified atom stereocenters. The number of nitrogens with zero attached hydrogens (tertiary/aromatic N) is 2. The van der Waals surface area contributed by atoms with Gasteiger partial charge in [0, 0.05) is 17.3 Å². The number of benzene rings is 2. The molecule has 2 aromatic carbocycles. The molecule has 19 heavy (non-hydrogen) atoms. The fourth-order valence-electron chi connectivity index (χ4n) is 1.73. The SMILES string of the molecule is Oc1ccc(Cl)c2cnc(Nc3cc[c]cc3)nc12. The Kier molecular flexibility index (Phi) is 2.93. The fourth-order valence-corrected chi connectivity index (χ4v) is 1.93. The highest BCUT2D eigenvalue weighted by Gasteiger charge is 2.07. The predicted octanol–water partition coefficient (Wildman–Crippen LogP) is 3.53. The summed E-state index contributed by atoms with van der Waals surface area (Å²) in [5, 5.41) is 14.0. The largest absolute Gasteiger partial charge is 0.506 e. The second-order valence-corrected chi connectivity index (χ2v) is 4.34. The lowest BCUT2D eigenvalue weighted by molar-refractivity contribution is 0.480. The molecule has 0 saturated heterocycles. The zero-order chi connectivity index (χ0) is 13.2. The first-order chi connectivity index (χ1) is 9.24. The number of nitrogens with one attached hydrogen (secondary N) is 1. The van der Waals surface area contributed by atoms with Crippen LogP contribution in [0.25, 0.3) is 10.9 Å². The Morgan fingerprint density at radius 1 is 1.16 bits per heavy atom. The highest BCUT2D eigenvalue weighted by Crippen LogP contribution is 2.29. The van der Waals surface area contributed by atoms with Gasteiger partial charge in [-0.1, -0.05) is 23.7 Å². The molecule has 0 aliphatic rings. The van der Waals surface area contributed by atoms with E-state index in [1.807, 2.05) is 12.1 Å². The van der Waals surface area contributed by atoms with Gasteiger partial charge < -0.3 is 10.4 Å². The first kappa shape index (κ1) is 11.7. The van der Waals surface area contributed by atoms with Crippen LogP contribution >= 0.6 is 11.6 Å². The summed E-state index contributed by atoms with van der Waals surface area (Å²) in [6.45, 7) is 0. The van der Waals surface area contributed by atoms with Crippen LogP contribution in [0.4, 0.5) is 11.6 Å². The van der Waals surface area contributed by atoms with Gasteiger partial charge in [0.15, 0.2) is 0 Å².